The van der Waals surface area contributed by atoms with Crippen molar-refractivity contribution in [2.24, 2.45) is 0 Å². The lowest BCUT2D eigenvalue weighted by atomic mass is 10.1. The Labute approximate surface area is 134 Å². The fourth-order valence-corrected chi connectivity index (χ4v) is 2.87. The average Bonchev–Trinajstić information content (AvgIpc) is 2.98. The minimum Gasteiger partial charge on any atom is -0.483 e. The van der Waals surface area contributed by atoms with Crippen LogP contribution >= 0.6 is 15.9 Å². The Kier molecular flexibility index (Phi) is 6.51. The van der Waals surface area contributed by atoms with E-state index >= 15 is 0 Å². The van der Waals surface area contributed by atoms with Gasteiger partial charge in [0.2, 0.25) is 0 Å². The summed E-state index contributed by atoms with van der Waals surface area (Å²) in [4.78, 5) is 11.7. The first-order valence-corrected chi connectivity index (χ1v) is 8.28. The third-order valence-electron chi connectivity index (χ3n) is 3.44. The maximum Gasteiger partial charge on any atom is 0.258 e. The molecule has 1 fully saturated rings. The SMILES string of the molecule is CCCc1ccc(OCC(=O)NCC2CCCO2)c(Br)c1. The fourth-order valence-electron chi connectivity index (χ4n) is 2.33. The second kappa shape index (κ2) is 8.39. The second-order valence-electron chi connectivity index (χ2n) is 5.24. The number of carbonyl (C=O) groups excluding carboxylic acids is 1. The summed E-state index contributed by atoms with van der Waals surface area (Å²) in [6, 6.07) is 5.99. The zero-order valence-electron chi connectivity index (χ0n) is 12.4. The van der Waals surface area contributed by atoms with Crippen LogP contribution in [-0.2, 0) is 16.0 Å². The van der Waals surface area contributed by atoms with Crippen LogP contribution in [0.1, 0.15) is 31.7 Å². The van der Waals surface area contributed by atoms with Crippen molar-refractivity contribution in [1.29, 1.82) is 0 Å². The summed E-state index contributed by atoms with van der Waals surface area (Å²) in [6.07, 6.45) is 4.41. The molecule has 0 aliphatic carbocycles. The van der Waals surface area contributed by atoms with E-state index in [1.165, 1.54) is 5.56 Å². The maximum absolute atomic E-state index is 11.7. The van der Waals surface area contributed by atoms with Gasteiger partial charge in [0.25, 0.3) is 5.91 Å². The number of aryl methyl sites for hydroxylation is 1. The number of hydrogen-bond donors (Lipinski definition) is 1. The van der Waals surface area contributed by atoms with E-state index in [2.05, 4.69) is 28.2 Å². The quantitative estimate of drug-likeness (QED) is 0.817. The van der Waals surface area contributed by atoms with Crippen molar-refractivity contribution in [3.05, 3.63) is 28.2 Å². The molecule has 0 aromatic heterocycles. The first kappa shape index (κ1) is 16.3. The van der Waals surface area contributed by atoms with Crippen LogP contribution in [0, 0.1) is 0 Å². The van der Waals surface area contributed by atoms with Crippen molar-refractivity contribution in [3.63, 3.8) is 0 Å². The minimum absolute atomic E-state index is 0.0262. The highest BCUT2D eigenvalue weighted by atomic mass is 79.9. The average molecular weight is 356 g/mol. The Bertz CT molecular complexity index is 473. The molecule has 1 saturated heterocycles. The lowest BCUT2D eigenvalue weighted by molar-refractivity contribution is -0.123. The summed E-state index contributed by atoms with van der Waals surface area (Å²) in [7, 11) is 0. The van der Waals surface area contributed by atoms with Crippen LogP contribution in [0.5, 0.6) is 5.75 Å². The molecule has 1 aromatic rings. The molecule has 116 valence electrons. The fraction of sp³-hybridized carbons (Fsp3) is 0.562. The van der Waals surface area contributed by atoms with Crippen molar-refractivity contribution < 1.29 is 14.3 Å². The summed E-state index contributed by atoms with van der Waals surface area (Å²) in [5.74, 6) is 0.581. The number of ether oxygens (including phenoxy) is 2. The van der Waals surface area contributed by atoms with Crippen LogP contribution in [0.25, 0.3) is 0 Å². The maximum atomic E-state index is 11.7. The van der Waals surface area contributed by atoms with Crippen LogP contribution in [0.2, 0.25) is 0 Å². The van der Waals surface area contributed by atoms with Gasteiger partial charge in [-0.3, -0.25) is 4.79 Å². The smallest absolute Gasteiger partial charge is 0.258 e. The summed E-state index contributed by atoms with van der Waals surface area (Å²) >= 11 is 3.48. The molecule has 1 aromatic carbocycles. The van der Waals surface area contributed by atoms with Gasteiger partial charge >= 0.3 is 0 Å². The summed E-state index contributed by atoms with van der Waals surface area (Å²) in [5.41, 5.74) is 1.26. The van der Waals surface area contributed by atoms with Crippen molar-refractivity contribution in [3.8, 4) is 5.75 Å². The van der Waals surface area contributed by atoms with Gasteiger partial charge < -0.3 is 14.8 Å². The number of carbonyl (C=O) groups is 1. The molecule has 1 aliphatic rings. The van der Waals surface area contributed by atoms with Gasteiger partial charge in [0.15, 0.2) is 6.61 Å². The van der Waals surface area contributed by atoms with E-state index < -0.39 is 0 Å². The number of hydrogen-bond acceptors (Lipinski definition) is 3. The second-order valence-corrected chi connectivity index (χ2v) is 6.10. The normalized spacial score (nSPS) is 17.7. The van der Waals surface area contributed by atoms with Crippen molar-refractivity contribution in [2.45, 2.75) is 38.7 Å². The monoisotopic (exact) mass is 355 g/mol. The largest absolute Gasteiger partial charge is 0.483 e. The summed E-state index contributed by atoms with van der Waals surface area (Å²) in [5, 5.41) is 2.84. The van der Waals surface area contributed by atoms with Gasteiger partial charge in [-0.2, -0.15) is 0 Å². The molecule has 1 heterocycles. The number of nitrogens with one attached hydrogen (secondary N) is 1. The first-order chi connectivity index (χ1) is 10.2. The number of halogens is 1. The van der Waals surface area contributed by atoms with Crippen molar-refractivity contribution in [1.82, 2.24) is 5.32 Å². The van der Waals surface area contributed by atoms with E-state index in [0.29, 0.717) is 12.3 Å². The first-order valence-electron chi connectivity index (χ1n) is 7.48. The van der Waals surface area contributed by atoms with Gasteiger partial charge in [0.05, 0.1) is 10.6 Å². The van der Waals surface area contributed by atoms with Gasteiger partial charge in [-0.1, -0.05) is 19.4 Å². The third-order valence-corrected chi connectivity index (χ3v) is 4.06. The molecule has 21 heavy (non-hydrogen) atoms. The van der Waals surface area contributed by atoms with Gasteiger partial charge in [-0.15, -0.1) is 0 Å². The highest BCUT2D eigenvalue weighted by Gasteiger charge is 2.16. The van der Waals surface area contributed by atoms with E-state index in [0.717, 1.165) is 36.8 Å². The minimum atomic E-state index is -0.116. The van der Waals surface area contributed by atoms with E-state index in [1.54, 1.807) is 0 Å². The molecule has 4 nitrogen and oxygen atoms in total. The molecule has 0 spiro atoms. The van der Waals surface area contributed by atoms with E-state index in [1.807, 2.05) is 18.2 Å². The van der Waals surface area contributed by atoms with E-state index in [9.17, 15) is 4.79 Å². The Morgan fingerprint density at radius 3 is 3.05 bits per heavy atom. The zero-order chi connectivity index (χ0) is 15.1. The topological polar surface area (TPSA) is 47.6 Å². The van der Waals surface area contributed by atoms with E-state index in [-0.39, 0.29) is 18.6 Å². The molecule has 1 aliphatic heterocycles. The van der Waals surface area contributed by atoms with Crippen LogP contribution in [0.3, 0.4) is 0 Å². The van der Waals surface area contributed by atoms with Gasteiger partial charge in [-0.05, 0) is 52.9 Å². The molecule has 2 rings (SSSR count). The molecule has 1 N–H and O–H groups in total. The van der Waals surface area contributed by atoms with Crippen LogP contribution in [0.4, 0.5) is 0 Å². The predicted octanol–water partition coefficient (Wildman–Crippen LogP) is 3.08. The molecule has 0 saturated carbocycles. The van der Waals surface area contributed by atoms with Crippen LogP contribution in [0.15, 0.2) is 22.7 Å². The lowest BCUT2D eigenvalue weighted by Crippen LogP contribution is -2.35. The number of benzene rings is 1. The molecule has 1 atom stereocenters. The van der Waals surface area contributed by atoms with E-state index in [4.69, 9.17) is 9.47 Å². The standard InChI is InChI=1S/C16H22BrNO3/c1-2-4-12-6-7-15(14(17)9-12)21-11-16(19)18-10-13-5-3-8-20-13/h6-7,9,13H,2-5,8,10-11H2,1H3,(H,18,19). The highest BCUT2D eigenvalue weighted by Crippen LogP contribution is 2.26. The molecule has 0 bridgehead atoms. The van der Waals surface area contributed by atoms with Gasteiger partial charge in [0, 0.05) is 13.2 Å². The van der Waals surface area contributed by atoms with Gasteiger partial charge in [0.1, 0.15) is 5.75 Å². The Morgan fingerprint density at radius 2 is 2.38 bits per heavy atom. The van der Waals surface area contributed by atoms with Gasteiger partial charge in [-0.25, -0.2) is 0 Å². The van der Waals surface area contributed by atoms with Crippen LogP contribution < -0.4 is 10.1 Å². The Hall–Kier alpha value is -1.07. The Balaban J connectivity index is 1.75. The summed E-state index contributed by atoms with van der Waals surface area (Å²) < 4.78 is 11.9. The molecule has 0 radical (unpaired) electrons. The molecule has 1 amide bonds. The molecular weight excluding hydrogens is 334 g/mol. The molecule has 5 heteroatoms. The van der Waals surface area contributed by atoms with Crippen molar-refractivity contribution >= 4 is 21.8 Å². The lowest BCUT2D eigenvalue weighted by Gasteiger charge is -2.12. The number of amides is 1. The highest BCUT2D eigenvalue weighted by molar-refractivity contribution is 9.10. The third kappa shape index (κ3) is 5.32. The van der Waals surface area contributed by atoms with Crippen molar-refractivity contribution in [2.75, 3.05) is 19.8 Å². The number of rotatable bonds is 7. The Morgan fingerprint density at radius 1 is 1.52 bits per heavy atom. The summed E-state index contributed by atoms with van der Waals surface area (Å²) in [6.45, 7) is 3.54. The molecular formula is C16H22BrNO3. The zero-order valence-corrected chi connectivity index (χ0v) is 13.9. The predicted molar refractivity (Wildman–Crippen MR) is 85.6 cm³/mol. The molecule has 1 unspecified atom stereocenters. The van der Waals surface area contributed by atoms with Crippen LogP contribution in [-0.4, -0.2) is 31.8 Å².